The van der Waals surface area contributed by atoms with E-state index in [1.165, 1.54) is 11.1 Å². The fourth-order valence-electron chi connectivity index (χ4n) is 3.61. The van der Waals surface area contributed by atoms with Crippen LogP contribution in [-0.2, 0) is 16.0 Å². The SMILES string of the molecule is CNCC1CCN(C(=O)CC2OCCc3ccccc32)CC1.Cl. The summed E-state index contributed by atoms with van der Waals surface area (Å²) >= 11 is 0. The summed E-state index contributed by atoms with van der Waals surface area (Å²) in [7, 11) is 2.00. The lowest BCUT2D eigenvalue weighted by Gasteiger charge is -2.33. The third-order valence-electron chi connectivity index (χ3n) is 4.91. The second-order valence-corrected chi connectivity index (χ2v) is 6.39. The third-order valence-corrected chi connectivity index (χ3v) is 4.91. The number of carbonyl (C=O) groups is 1. The van der Waals surface area contributed by atoms with Gasteiger partial charge in [-0.15, -0.1) is 12.4 Å². The van der Waals surface area contributed by atoms with Gasteiger partial charge in [-0.1, -0.05) is 24.3 Å². The van der Waals surface area contributed by atoms with Crippen molar-refractivity contribution in [1.82, 2.24) is 10.2 Å². The minimum atomic E-state index is -0.0625. The molecule has 1 amide bonds. The molecule has 2 aliphatic heterocycles. The maximum atomic E-state index is 12.6. The topological polar surface area (TPSA) is 41.6 Å². The normalized spacial score (nSPS) is 21.4. The smallest absolute Gasteiger partial charge is 0.225 e. The zero-order chi connectivity index (χ0) is 15.4. The van der Waals surface area contributed by atoms with E-state index in [1.54, 1.807) is 0 Å². The third kappa shape index (κ3) is 4.46. The van der Waals surface area contributed by atoms with Crippen LogP contribution in [0, 0.1) is 5.92 Å². The Bertz CT molecular complexity index is 515. The Morgan fingerprint density at radius 3 is 2.78 bits per heavy atom. The van der Waals surface area contributed by atoms with Crippen molar-refractivity contribution in [2.24, 2.45) is 5.92 Å². The van der Waals surface area contributed by atoms with E-state index in [9.17, 15) is 4.79 Å². The van der Waals surface area contributed by atoms with Crippen LogP contribution >= 0.6 is 12.4 Å². The summed E-state index contributed by atoms with van der Waals surface area (Å²) in [5, 5.41) is 3.23. The summed E-state index contributed by atoms with van der Waals surface area (Å²) in [5.41, 5.74) is 2.53. The average Bonchev–Trinajstić information content (AvgIpc) is 2.56. The molecular weight excluding hydrogens is 312 g/mol. The van der Waals surface area contributed by atoms with Gasteiger partial charge in [0.05, 0.1) is 19.1 Å². The van der Waals surface area contributed by atoms with Gasteiger partial charge in [-0.25, -0.2) is 0 Å². The number of amides is 1. The zero-order valence-electron chi connectivity index (χ0n) is 13.8. The van der Waals surface area contributed by atoms with Crippen LogP contribution in [0.25, 0.3) is 0 Å². The summed E-state index contributed by atoms with van der Waals surface area (Å²) in [4.78, 5) is 14.6. The number of halogens is 1. The Labute approximate surface area is 145 Å². The van der Waals surface area contributed by atoms with E-state index >= 15 is 0 Å². The van der Waals surface area contributed by atoms with E-state index in [-0.39, 0.29) is 24.4 Å². The van der Waals surface area contributed by atoms with Crippen molar-refractivity contribution >= 4 is 18.3 Å². The number of nitrogens with zero attached hydrogens (tertiary/aromatic N) is 1. The molecule has 0 spiro atoms. The standard InChI is InChI=1S/C18H26N2O2.ClH/c1-19-13-14-6-9-20(10-7-14)18(21)12-17-16-5-3-2-4-15(16)8-11-22-17;/h2-5,14,17,19H,6-13H2,1H3;1H. The van der Waals surface area contributed by atoms with Crippen molar-refractivity contribution < 1.29 is 9.53 Å². The molecule has 2 aliphatic rings. The number of fused-ring (bicyclic) bond motifs is 1. The van der Waals surface area contributed by atoms with Crippen molar-refractivity contribution in [2.45, 2.75) is 31.8 Å². The predicted octanol–water partition coefficient (Wildman–Crippen LogP) is 2.57. The molecule has 4 nitrogen and oxygen atoms in total. The molecule has 1 aromatic carbocycles. The molecule has 1 aromatic rings. The molecule has 0 saturated carbocycles. The Morgan fingerprint density at radius 2 is 2.04 bits per heavy atom. The predicted molar refractivity (Wildman–Crippen MR) is 93.9 cm³/mol. The second-order valence-electron chi connectivity index (χ2n) is 6.39. The van der Waals surface area contributed by atoms with Gasteiger partial charge in [0, 0.05) is 13.1 Å². The highest BCUT2D eigenvalue weighted by Gasteiger charge is 2.27. The Balaban J connectivity index is 0.00000192. The van der Waals surface area contributed by atoms with Gasteiger partial charge in [-0.3, -0.25) is 4.79 Å². The number of likely N-dealkylation sites (tertiary alicyclic amines) is 1. The Morgan fingerprint density at radius 1 is 1.30 bits per heavy atom. The second kappa shape index (κ2) is 8.67. The molecule has 1 N–H and O–H groups in total. The minimum absolute atomic E-state index is 0. The molecule has 0 aliphatic carbocycles. The number of piperidine rings is 1. The summed E-state index contributed by atoms with van der Waals surface area (Å²) < 4.78 is 5.87. The van der Waals surface area contributed by atoms with Crippen molar-refractivity contribution in [3.8, 4) is 0 Å². The quantitative estimate of drug-likeness (QED) is 0.917. The first-order valence-corrected chi connectivity index (χ1v) is 8.39. The fourth-order valence-corrected chi connectivity index (χ4v) is 3.61. The van der Waals surface area contributed by atoms with Crippen LogP contribution in [0.3, 0.4) is 0 Å². The van der Waals surface area contributed by atoms with Crippen LogP contribution in [-0.4, -0.2) is 44.1 Å². The van der Waals surface area contributed by atoms with Gasteiger partial charge >= 0.3 is 0 Å². The average molecular weight is 339 g/mol. The monoisotopic (exact) mass is 338 g/mol. The van der Waals surface area contributed by atoms with Gasteiger partial charge in [0.1, 0.15) is 0 Å². The number of nitrogens with one attached hydrogen (secondary N) is 1. The summed E-state index contributed by atoms with van der Waals surface area (Å²) in [6, 6.07) is 8.36. The number of ether oxygens (including phenoxy) is 1. The van der Waals surface area contributed by atoms with E-state index in [1.807, 2.05) is 18.0 Å². The van der Waals surface area contributed by atoms with Crippen molar-refractivity contribution in [3.05, 3.63) is 35.4 Å². The largest absolute Gasteiger partial charge is 0.373 e. The molecule has 23 heavy (non-hydrogen) atoms. The Kier molecular flexibility index (Phi) is 6.88. The summed E-state index contributed by atoms with van der Waals surface area (Å²) in [5.74, 6) is 0.949. The minimum Gasteiger partial charge on any atom is -0.373 e. The maximum absolute atomic E-state index is 12.6. The van der Waals surface area contributed by atoms with Gasteiger partial charge < -0.3 is 15.0 Å². The number of hydrogen-bond donors (Lipinski definition) is 1. The van der Waals surface area contributed by atoms with E-state index in [0.717, 1.165) is 45.5 Å². The number of hydrogen-bond acceptors (Lipinski definition) is 3. The van der Waals surface area contributed by atoms with Crippen LogP contribution in [0.1, 0.15) is 36.5 Å². The number of rotatable bonds is 4. The van der Waals surface area contributed by atoms with Crippen LogP contribution in [0.4, 0.5) is 0 Å². The first-order valence-electron chi connectivity index (χ1n) is 8.39. The van der Waals surface area contributed by atoms with Crippen molar-refractivity contribution in [3.63, 3.8) is 0 Å². The summed E-state index contributed by atoms with van der Waals surface area (Å²) in [6.45, 7) is 3.55. The lowest BCUT2D eigenvalue weighted by atomic mass is 9.94. The fraction of sp³-hybridized carbons (Fsp3) is 0.611. The molecule has 2 heterocycles. The molecule has 0 aromatic heterocycles. The van der Waals surface area contributed by atoms with Gasteiger partial charge in [-0.2, -0.15) is 0 Å². The van der Waals surface area contributed by atoms with Crippen molar-refractivity contribution in [2.75, 3.05) is 33.3 Å². The van der Waals surface area contributed by atoms with E-state index in [2.05, 4.69) is 23.5 Å². The highest BCUT2D eigenvalue weighted by Crippen LogP contribution is 2.30. The molecule has 1 unspecified atom stereocenters. The first-order chi connectivity index (χ1) is 10.8. The molecule has 1 atom stereocenters. The van der Waals surface area contributed by atoms with Crippen molar-refractivity contribution in [1.29, 1.82) is 0 Å². The lowest BCUT2D eigenvalue weighted by Crippen LogP contribution is -2.41. The molecule has 1 saturated heterocycles. The van der Waals surface area contributed by atoms with Gasteiger partial charge in [0.2, 0.25) is 5.91 Å². The van der Waals surface area contributed by atoms with Gasteiger partial charge in [-0.05, 0) is 49.9 Å². The zero-order valence-corrected chi connectivity index (χ0v) is 14.6. The van der Waals surface area contributed by atoms with Gasteiger partial charge in [0.25, 0.3) is 0 Å². The Hall–Kier alpha value is -1.10. The van der Waals surface area contributed by atoms with Crippen LogP contribution in [0.5, 0.6) is 0 Å². The molecular formula is C18H27ClN2O2. The van der Waals surface area contributed by atoms with Gasteiger partial charge in [0.15, 0.2) is 0 Å². The molecule has 0 bridgehead atoms. The van der Waals surface area contributed by atoms with E-state index in [4.69, 9.17) is 4.74 Å². The summed E-state index contributed by atoms with van der Waals surface area (Å²) in [6.07, 6.45) is 3.58. The molecule has 1 fully saturated rings. The first kappa shape index (κ1) is 18.2. The van der Waals surface area contributed by atoms with Crippen LogP contribution < -0.4 is 5.32 Å². The van der Waals surface area contributed by atoms with E-state index in [0.29, 0.717) is 12.3 Å². The molecule has 0 radical (unpaired) electrons. The number of benzene rings is 1. The molecule has 128 valence electrons. The van der Waals surface area contributed by atoms with E-state index < -0.39 is 0 Å². The van der Waals surface area contributed by atoms with Crippen LogP contribution in [0.15, 0.2) is 24.3 Å². The maximum Gasteiger partial charge on any atom is 0.225 e. The van der Waals surface area contributed by atoms with Crippen LogP contribution in [0.2, 0.25) is 0 Å². The highest BCUT2D eigenvalue weighted by molar-refractivity contribution is 5.85. The highest BCUT2D eigenvalue weighted by atomic mass is 35.5. The molecule has 3 rings (SSSR count). The molecule has 5 heteroatoms. The number of carbonyl (C=O) groups excluding carboxylic acids is 1. The lowest BCUT2D eigenvalue weighted by molar-refractivity contribution is -0.136.